The molecule has 0 aliphatic rings. The lowest BCUT2D eigenvalue weighted by molar-refractivity contribution is -0.384. The maximum absolute atomic E-state index is 11.2. The van der Waals surface area contributed by atoms with E-state index in [1.54, 1.807) is 13.0 Å². The van der Waals surface area contributed by atoms with Crippen molar-refractivity contribution in [3.63, 3.8) is 0 Å². The van der Waals surface area contributed by atoms with E-state index in [0.29, 0.717) is 11.4 Å². The number of nitro benzene ring substituents is 1. The quantitative estimate of drug-likeness (QED) is 0.430. The molecule has 24 heavy (non-hydrogen) atoms. The third-order valence-corrected chi connectivity index (χ3v) is 4.25. The molecule has 2 rings (SSSR count). The van der Waals surface area contributed by atoms with Gasteiger partial charge in [0.15, 0.2) is 5.11 Å². The Morgan fingerprint density at radius 1 is 1.17 bits per heavy atom. The average molecular weight is 366 g/mol. The summed E-state index contributed by atoms with van der Waals surface area (Å²) < 4.78 is 22.4. The molecule has 0 spiro atoms. The molecule has 0 radical (unpaired) electrons. The molecule has 0 bridgehead atoms. The predicted octanol–water partition coefficient (Wildman–Crippen LogP) is 2.36. The van der Waals surface area contributed by atoms with Crippen molar-refractivity contribution in [2.45, 2.75) is 11.8 Å². The van der Waals surface area contributed by atoms with Crippen molar-refractivity contribution < 1.29 is 13.3 Å². The summed E-state index contributed by atoms with van der Waals surface area (Å²) in [6.07, 6.45) is 0. The van der Waals surface area contributed by atoms with Gasteiger partial charge in [-0.15, -0.1) is 0 Å². The number of thiocarbonyl (C=S) groups is 1. The van der Waals surface area contributed by atoms with E-state index >= 15 is 0 Å². The van der Waals surface area contributed by atoms with Gasteiger partial charge in [-0.2, -0.15) is 0 Å². The number of anilines is 2. The summed E-state index contributed by atoms with van der Waals surface area (Å²) in [5.74, 6) is 0. The number of non-ortho nitro benzene ring substituents is 1. The Labute approximate surface area is 143 Å². The third-order valence-electron chi connectivity index (χ3n) is 3.12. The van der Waals surface area contributed by atoms with E-state index in [1.807, 2.05) is 0 Å². The first kappa shape index (κ1) is 17.8. The maximum atomic E-state index is 11.2. The van der Waals surface area contributed by atoms with Gasteiger partial charge in [-0.1, -0.05) is 6.07 Å². The molecule has 0 amide bonds. The highest BCUT2D eigenvalue weighted by molar-refractivity contribution is 7.89. The number of nitro groups is 1. The minimum Gasteiger partial charge on any atom is -0.332 e. The van der Waals surface area contributed by atoms with Gasteiger partial charge in [-0.05, 0) is 49.0 Å². The summed E-state index contributed by atoms with van der Waals surface area (Å²) in [6, 6.07) is 10.1. The van der Waals surface area contributed by atoms with Crippen molar-refractivity contribution in [1.29, 1.82) is 0 Å². The van der Waals surface area contributed by atoms with Gasteiger partial charge in [0, 0.05) is 23.5 Å². The highest BCUT2D eigenvalue weighted by Gasteiger charge is 2.10. The first-order valence-corrected chi connectivity index (χ1v) is 8.58. The van der Waals surface area contributed by atoms with Gasteiger partial charge >= 0.3 is 0 Å². The molecule has 0 atom stereocenters. The second-order valence-electron chi connectivity index (χ2n) is 4.90. The predicted molar refractivity (Wildman–Crippen MR) is 95.5 cm³/mol. The number of nitrogens with zero attached hydrogens (tertiary/aromatic N) is 1. The van der Waals surface area contributed by atoms with Crippen LogP contribution in [0, 0.1) is 17.0 Å². The van der Waals surface area contributed by atoms with Crippen LogP contribution in [0.5, 0.6) is 0 Å². The summed E-state index contributed by atoms with van der Waals surface area (Å²) in [6.45, 7) is 1.79. The van der Waals surface area contributed by atoms with E-state index < -0.39 is 14.9 Å². The largest absolute Gasteiger partial charge is 0.332 e. The van der Waals surface area contributed by atoms with Crippen molar-refractivity contribution in [2.75, 3.05) is 10.6 Å². The minimum absolute atomic E-state index is 0.0125. The van der Waals surface area contributed by atoms with Gasteiger partial charge in [0.05, 0.1) is 9.82 Å². The summed E-state index contributed by atoms with van der Waals surface area (Å²) in [7, 11) is -3.76. The first-order valence-electron chi connectivity index (χ1n) is 6.63. The van der Waals surface area contributed by atoms with Crippen LogP contribution >= 0.6 is 12.2 Å². The Hall–Kier alpha value is -2.56. The lowest BCUT2D eigenvalue weighted by Gasteiger charge is -2.12. The van der Waals surface area contributed by atoms with Crippen molar-refractivity contribution in [3.05, 3.63) is 58.1 Å². The number of hydrogen-bond acceptors (Lipinski definition) is 5. The summed E-state index contributed by atoms with van der Waals surface area (Å²) in [5.41, 5.74) is 1.78. The second-order valence-corrected chi connectivity index (χ2v) is 6.87. The van der Waals surface area contributed by atoms with Crippen molar-refractivity contribution in [1.82, 2.24) is 0 Å². The Bertz CT molecular complexity index is 895. The Balaban J connectivity index is 2.11. The van der Waals surface area contributed by atoms with Crippen LogP contribution in [0.1, 0.15) is 5.56 Å². The van der Waals surface area contributed by atoms with Gasteiger partial charge in [-0.3, -0.25) is 10.1 Å². The number of primary sulfonamides is 1. The molecule has 0 aromatic heterocycles. The van der Waals surface area contributed by atoms with Crippen molar-refractivity contribution in [3.8, 4) is 0 Å². The van der Waals surface area contributed by atoms with E-state index in [2.05, 4.69) is 10.6 Å². The van der Waals surface area contributed by atoms with Crippen LogP contribution in [0.4, 0.5) is 17.1 Å². The number of benzene rings is 2. The fourth-order valence-corrected chi connectivity index (χ4v) is 2.61. The molecular formula is C14H14N4O4S2. The maximum Gasteiger partial charge on any atom is 0.271 e. The van der Waals surface area contributed by atoms with Gasteiger partial charge in [-0.25, -0.2) is 13.6 Å². The summed E-state index contributed by atoms with van der Waals surface area (Å²) >= 11 is 5.16. The fourth-order valence-electron chi connectivity index (χ4n) is 1.87. The standard InChI is InChI=1S/C14H14N4O4S2/c1-9-2-5-11(18(19)20)8-13(9)17-14(23)16-10-3-6-12(7-4-10)24(15,21)22/h2-8H,1H3,(H2,15,21,22)(H2,16,17,23). The third kappa shape index (κ3) is 4.47. The highest BCUT2D eigenvalue weighted by Crippen LogP contribution is 2.22. The fraction of sp³-hybridized carbons (Fsp3) is 0.0714. The molecule has 8 nitrogen and oxygen atoms in total. The molecule has 0 aliphatic heterocycles. The van der Waals surface area contributed by atoms with Crippen molar-refractivity contribution >= 4 is 44.4 Å². The van der Waals surface area contributed by atoms with Gasteiger partial charge < -0.3 is 10.6 Å². The van der Waals surface area contributed by atoms with Crippen molar-refractivity contribution in [2.24, 2.45) is 5.14 Å². The molecule has 0 unspecified atom stereocenters. The monoisotopic (exact) mass is 366 g/mol. The van der Waals surface area contributed by atoms with Crippen LogP contribution in [0.3, 0.4) is 0 Å². The molecule has 4 N–H and O–H groups in total. The highest BCUT2D eigenvalue weighted by atomic mass is 32.2. The normalized spacial score (nSPS) is 10.9. The zero-order valence-corrected chi connectivity index (χ0v) is 14.1. The molecule has 126 valence electrons. The lowest BCUT2D eigenvalue weighted by Crippen LogP contribution is -2.20. The molecule has 2 aromatic carbocycles. The molecule has 0 fully saturated rings. The van der Waals surface area contributed by atoms with Gasteiger partial charge in [0.2, 0.25) is 10.0 Å². The van der Waals surface area contributed by atoms with Crippen LogP contribution in [0.15, 0.2) is 47.4 Å². The number of sulfonamides is 1. The SMILES string of the molecule is Cc1ccc([N+](=O)[O-])cc1NC(=S)Nc1ccc(S(N)(=O)=O)cc1. The average Bonchev–Trinajstić information content (AvgIpc) is 2.48. The molecule has 0 saturated carbocycles. The van der Waals surface area contributed by atoms with Crippen LogP contribution in [0.25, 0.3) is 0 Å². The smallest absolute Gasteiger partial charge is 0.271 e. The Morgan fingerprint density at radius 2 is 1.79 bits per heavy atom. The van der Waals surface area contributed by atoms with Crippen LogP contribution in [-0.4, -0.2) is 18.5 Å². The zero-order chi connectivity index (χ0) is 17.9. The Morgan fingerprint density at radius 3 is 2.33 bits per heavy atom. The first-order chi connectivity index (χ1) is 11.2. The molecule has 0 saturated heterocycles. The van der Waals surface area contributed by atoms with Crippen LogP contribution < -0.4 is 15.8 Å². The second kappa shape index (κ2) is 6.91. The zero-order valence-electron chi connectivity index (χ0n) is 12.5. The number of nitrogens with one attached hydrogen (secondary N) is 2. The number of nitrogens with two attached hydrogens (primary N) is 1. The van der Waals surface area contributed by atoms with E-state index in [4.69, 9.17) is 17.4 Å². The molecule has 10 heteroatoms. The summed E-state index contributed by atoms with van der Waals surface area (Å²) in [5, 5.41) is 21.8. The van der Waals surface area contributed by atoms with Crippen LogP contribution in [0.2, 0.25) is 0 Å². The van der Waals surface area contributed by atoms with Crippen LogP contribution in [-0.2, 0) is 10.0 Å². The number of hydrogen-bond donors (Lipinski definition) is 3. The molecule has 2 aromatic rings. The van der Waals surface area contributed by atoms with E-state index in [-0.39, 0.29) is 15.7 Å². The molecule has 0 heterocycles. The Kier molecular flexibility index (Phi) is 5.12. The minimum atomic E-state index is -3.76. The number of rotatable bonds is 4. The molecule has 0 aliphatic carbocycles. The van der Waals surface area contributed by atoms with E-state index in [1.165, 1.54) is 36.4 Å². The van der Waals surface area contributed by atoms with E-state index in [0.717, 1.165) is 5.56 Å². The summed E-state index contributed by atoms with van der Waals surface area (Å²) in [4.78, 5) is 10.3. The topological polar surface area (TPSA) is 127 Å². The molecular weight excluding hydrogens is 352 g/mol. The van der Waals surface area contributed by atoms with E-state index in [9.17, 15) is 18.5 Å². The van der Waals surface area contributed by atoms with Gasteiger partial charge in [0.25, 0.3) is 5.69 Å². The van der Waals surface area contributed by atoms with Gasteiger partial charge in [0.1, 0.15) is 0 Å². The number of aryl methyl sites for hydroxylation is 1. The lowest BCUT2D eigenvalue weighted by atomic mass is 10.2.